The van der Waals surface area contributed by atoms with Gasteiger partial charge in [-0.1, -0.05) is 5.16 Å². The van der Waals surface area contributed by atoms with Gasteiger partial charge in [0.2, 0.25) is 17.6 Å². The van der Waals surface area contributed by atoms with Crippen LogP contribution in [0.3, 0.4) is 0 Å². The number of amides is 1. The zero-order valence-corrected chi connectivity index (χ0v) is 10.1. The van der Waals surface area contributed by atoms with E-state index in [0.717, 1.165) is 11.1 Å². The molecule has 0 spiro atoms. The molecule has 1 amide bonds. The number of hydrogen-bond donors (Lipinski definition) is 2. The fraction of sp³-hybridized carbons (Fsp3) is 0.300. The molecule has 0 radical (unpaired) electrons. The lowest BCUT2D eigenvalue weighted by Crippen LogP contribution is -2.28. The van der Waals surface area contributed by atoms with Crippen molar-refractivity contribution in [3.05, 3.63) is 22.2 Å². The van der Waals surface area contributed by atoms with E-state index in [0.29, 0.717) is 18.3 Å². The van der Waals surface area contributed by atoms with Crippen LogP contribution in [-0.2, 0) is 11.3 Å². The third-order valence-corrected chi connectivity index (χ3v) is 3.00. The van der Waals surface area contributed by atoms with Crippen molar-refractivity contribution < 1.29 is 9.32 Å². The van der Waals surface area contributed by atoms with E-state index in [1.165, 1.54) is 0 Å². The van der Waals surface area contributed by atoms with Gasteiger partial charge in [0.1, 0.15) is 0 Å². The van der Waals surface area contributed by atoms with Gasteiger partial charge in [-0.15, -0.1) is 0 Å². The van der Waals surface area contributed by atoms with E-state index >= 15 is 0 Å². The summed E-state index contributed by atoms with van der Waals surface area (Å²) in [6.07, 6.45) is 0. The molecular formula is C10H12N4O2S. The first-order chi connectivity index (χ1) is 8.16. The van der Waals surface area contributed by atoms with E-state index < -0.39 is 5.91 Å². The van der Waals surface area contributed by atoms with Crippen molar-refractivity contribution in [2.45, 2.75) is 13.5 Å². The third kappa shape index (κ3) is 2.89. The first kappa shape index (κ1) is 11.7. The molecule has 0 bridgehead atoms. The van der Waals surface area contributed by atoms with Crippen molar-refractivity contribution in [1.82, 2.24) is 15.5 Å². The molecule has 0 aliphatic carbocycles. The van der Waals surface area contributed by atoms with E-state index in [1.807, 2.05) is 17.7 Å². The molecule has 0 aliphatic heterocycles. The lowest BCUT2D eigenvalue weighted by atomic mass is 10.2. The third-order valence-electron chi connectivity index (χ3n) is 2.14. The number of primary amides is 1. The summed E-state index contributed by atoms with van der Waals surface area (Å²) >= 11 is 1.59. The Kier molecular flexibility index (Phi) is 3.50. The minimum absolute atomic E-state index is 0.0925. The van der Waals surface area contributed by atoms with Gasteiger partial charge in [-0.2, -0.15) is 16.3 Å². The van der Waals surface area contributed by atoms with Gasteiger partial charge in [0, 0.05) is 10.9 Å². The summed E-state index contributed by atoms with van der Waals surface area (Å²) in [6, 6.07) is 0. The second-order valence-corrected chi connectivity index (χ2v) is 4.29. The average Bonchev–Trinajstić information content (AvgIpc) is 2.86. The van der Waals surface area contributed by atoms with Crippen molar-refractivity contribution in [3.63, 3.8) is 0 Å². The minimum atomic E-state index is -0.418. The standard InChI is InChI=1S/C10H12N4O2S/c1-6-4-17-5-7(6)10-13-9(16-14-10)3-12-2-8(11)15/h4-5,12H,2-3H2,1H3,(H2,11,15). The van der Waals surface area contributed by atoms with Crippen molar-refractivity contribution in [2.75, 3.05) is 6.54 Å². The highest BCUT2D eigenvalue weighted by Gasteiger charge is 2.11. The zero-order valence-electron chi connectivity index (χ0n) is 9.27. The van der Waals surface area contributed by atoms with Gasteiger partial charge in [0.25, 0.3) is 0 Å². The number of carbonyl (C=O) groups is 1. The Balaban J connectivity index is 2.01. The van der Waals surface area contributed by atoms with E-state index in [2.05, 4.69) is 15.5 Å². The van der Waals surface area contributed by atoms with E-state index in [4.69, 9.17) is 10.3 Å². The molecule has 3 N–H and O–H groups in total. The zero-order chi connectivity index (χ0) is 12.3. The molecule has 0 saturated carbocycles. The number of hydrogen-bond acceptors (Lipinski definition) is 6. The van der Waals surface area contributed by atoms with Gasteiger partial charge in [0.05, 0.1) is 13.1 Å². The second kappa shape index (κ2) is 5.07. The van der Waals surface area contributed by atoms with Gasteiger partial charge in [0.15, 0.2) is 0 Å². The average molecular weight is 252 g/mol. The molecule has 0 saturated heterocycles. The van der Waals surface area contributed by atoms with Crippen LogP contribution in [0, 0.1) is 6.92 Å². The lowest BCUT2D eigenvalue weighted by Gasteiger charge is -1.95. The van der Waals surface area contributed by atoms with Crippen LogP contribution in [0.1, 0.15) is 11.5 Å². The molecule has 0 aliphatic rings. The molecule has 0 atom stereocenters. The molecule has 6 nitrogen and oxygen atoms in total. The Bertz CT molecular complexity index is 520. The van der Waals surface area contributed by atoms with Crippen molar-refractivity contribution >= 4 is 17.2 Å². The highest BCUT2D eigenvalue weighted by atomic mass is 32.1. The van der Waals surface area contributed by atoms with Crippen molar-refractivity contribution in [2.24, 2.45) is 5.73 Å². The topological polar surface area (TPSA) is 94.0 Å². The van der Waals surface area contributed by atoms with Gasteiger partial charge >= 0.3 is 0 Å². The summed E-state index contributed by atoms with van der Waals surface area (Å²) in [6.45, 7) is 2.42. The highest BCUT2D eigenvalue weighted by molar-refractivity contribution is 7.08. The van der Waals surface area contributed by atoms with E-state index in [-0.39, 0.29) is 6.54 Å². The molecule has 2 aromatic heterocycles. The van der Waals surface area contributed by atoms with E-state index in [1.54, 1.807) is 11.3 Å². The number of nitrogens with zero attached hydrogens (tertiary/aromatic N) is 2. The summed E-state index contributed by atoms with van der Waals surface area (Å²) in [5.74, 6) is 0.588. The van der Waals surface area contributed by atoms with E-state index in [9.17, 15) is 4.79 Å². The summed E-state index contributed by atoms with van der Waals surface area (Å²) in [7, 11) is 0. The summed E-state index contributed by atoms with van der Waals surface area (Å²) in [4.78, 5) is 14.7. The van der Waals surface area contributed by atoms with Gasteiger partial charge in [-0.25, -0.2) is 0 Å². The molecule has 2 rings (SSSR count). The van der Waals surface area contributed by atoms with Crippen LogP contribution < -0.4 is 11.1 Å². The van der Waals surface area contributed by atoms with Crippen molar-refractivity contribution in [1.29, 1.82) is 0 Å². The SMILES string of the molecule is Cc1cscc1-c1noc(CNCC(N)=O)n1. The molecule has 7 heteroatoms. The number of nitrogens with one attached hydrogen (secondary N) is 1. The maximum atomic E-state index is 10.5. The number of aromatic nitrogens is 2. The van der Waals surface area contributed by atoms with Gasteiger partial charge < -0.3 is 10.3 Å². The molecule has 0 aromatic carbocycles. The Morgan fingerprint density at radius 3 is 3.06 bits per heavy atom. The van der Waals surface area contributed by atoms with Gasteiger partial charge in [-0.3, -0.25) is 10.1 Å². The fourth-order valence-corrected chi connectivity index (χ4v) is 2.14. The number of thiophene rings is 1. The Morgan fingerprint density at radius 1 is 1.59 bits per heavy atom. The van der Waals surface area contributed by atoms with Crippen LogP contribution in [-0.4, -0.2) is 22.6 Å². The fourth-order valence-electron chi connectivity index (χ4n) is 1.32. The number of rotatable bonds is 5. The second-order valence-electron chi connectivity index (χ2n) is 3.55. The smallest absolute Gasteiger partial charge is 0.240 e. The summed E-state index contributed by atoms with van der Waals surface area (Å²) in [5, 5.41) is 10.7. The number of nitrogens with two attached hydrogens (primary N) is 1. The maximum absolute atomic E-state index is 10.5. The molecule has 90 valence electrons. The van der Waals surface area contributed by atoms with Crippen LogP contribution in [0.15, 0.2) is 15.3 Å². The predicted octanol–water partition coefficient (Wildman–Crippen LogP) is 0.681. The van der Waals surface area contributed by atoms with Crippen molar-refractivity contribution in [3.8, 4) is 11.4 Å². The summed E-state index contributed by atoms with van der Waals surface area (Å²) < 4.78 is 5.05. The predicted molar refractivity (Wildman–Crippen MR) is 63.2 cm³/mol. The molecule has 2 aromatic rings. The quantitative estimate of drug-likeness (QED) is 0.816. The van der Waals surface area contributed by atoms with Crippen LogP contribution in [0.2, 0.25) is 0 Å². The number of carbonyl (C=O) groups excluding carboxylic acids is 1. The van der Waals surface area contributed by atoms with Gasteiger partial charge in [-0.05, 0) is 17.9 Å². The largest absolute Gasteiger partial charge is 0.369 e. The Hall–Kier alpha value is -1.73. The molecule has 17 heavy (non-hydrogen) atoms. The number of aryl methyl sites for hydroxylation is 1. The minimum Gasteiger partial charge on any atom is -0.369 e. The lowest BCUT2D eigenvalue weighted by molar-refractivity contribution is -0.117. The van der Waals surface area contributed by atoms with Crippen LogP contribution in [0.25, 0.3) is 11.4 Å². The molecule has 0 unspecified atom stereocenters. The van der Waals surface area contributed by atoms with Crippen LogP contribution >= 0.6 is 11.3 Å². The van der Waals surface area contributed by atoms with Crippen LogP contribution in [0.4, 0.5) is 0 Å². The molecule has 2 heterocycles. The molecular weight excluding hydrogens is 240 g/mol. The first-order valence-electron chi connectivity index (χ1n) is 5.01. The Labute approximate surface area is 102 Å². The van der Waals surface area contributed by atoms with Crippen LogP contribution in [0.5, 0.6) is 0 Å². The molecule has 0 fully saturated rings. The maximum Gasteiger partial charge on any atom is 0.240 e. The Morgan fingerprint density at radius 2 is 2.41 bits per heavy atom. The highest BCUT2D eigenvalue weighted by Crippen LogP contribution is 2.23. The first-order valence-corrected chi connectivity index (χ1v) is 5.96. The monoisotopic (exact) mass is 252 g/mol. The summed E-state index contributed by atoms with van der Waals surface area (Å²) in [5.41, 5.74) is 7.08. The normalized spacial score (nSPS) is 10.6.